The molecule has 2 heterocycles. The Bertz CT molecular complexity index is 1040. The third-order valence-corrected chi connectivity index (χ3v) is 8.19. The molecule has 0 atom stereocenters. The van der Waals surface area contributed by atoms with E-state index in [9.17, 15) is 13.2 Å². The highest BCUT2D eigenvalue weighted by molar-refractivity contribution is 7.91. The molecule has 0 bridgehead atoms. The fourth-order valence-corrected chi connectivity index (χ4v) is 5.86. The number of piperidine rings is 1. The van der Waals surface area contributed by atoms with E-state index in [1.165, 1.54) is 18.9 Å². The van der Waals surface area contributed by atoms with E-state index in [1.807, 2.05) is 13.8 Å². The molecule has 6 nitrogen and oxygen atoms in total. The smallest absolute Gasteiger partial charge is 0.259 e. The van der Waals surface area contributed by atoms with Crippen LogP contribution in [0.2, 0.25) is 0 Å². The number of carbonyl (C=O) groups excluding carboxylic acids is 1. The molecule has 7 heteroatoms. The lowest BCUT2D eigenvalue weighted by atomic mass is 9.93. The Morgan fingerprint density at radius 1 is 1.13 bits per heavy atom. The minimum absolute atomic E-state index is 0.0329. The molecule has 1 aliphatic heterocycles. The van der Waals surface area contributed by atoms with Crippen LogP contribution in [-0.2, 0) is 9.84 Å². The van der Waals surface area contributed by atoms with Gasteiger partial charge in [0.15, 0.2) is 9.84 Å². The molecule has 1 N–H and O–H groups in total. The van der Waals surface area contributed by atoms with Crippen molar-refractivity contribution in [2.24, 2.45) is 11.3 Å². The Balaban J connectivity index is 1.52. The molecule has 1 aromatic heterocycles. The Morgan fingerprint density at radius 3 is 2.53 bits per heavy atom. The Hall–Kier alpha value is -2.41. The second-order valence-electron chi connectivity index (χ2n) is 9.02. The average molecular weight is 428 g/mol. The maximum atomic E-state index is 13.0. The molecule has 1 saturated heterocycles. The van der Waals surface area contributed by atoms with Gasteiger partial charge in [0.05, 0.1) is 16.2 Å². The summed E-state index contributed by atoms with van der Waals surface area (Å²) < 4.78 is 25.1. The zero-order valence-corrected chi connectivity index (χ0v) is 18.4. The molecule has 1 aromatic carbocycles. The summed E-state index contributed by atoms with van der Waals surface area (Å²) in [6.45, 7) is 5.58. The van der Waals surface area contributed by atoms with Gasteiger partial charge < -0.3 is 10.2 Å². The predicted octanol–water partition coefficient (Wildman–Crippen LogP) is 4.14. The molecule has 0 radical (unpaired) electrons. The molecule has 4 rings (SSSR count). The first-order valence-electron chi connectivity index (χ1n) is 10.6. The summed E-state index contributed by atoms with van der Waals surface area (Å²) >= 11 is 0. The van der Waals surface area contributed by atoms with Crippen molar-refractivity contribution in [1.29, 1.82) is 0 Å². The van der Waals surface area contributed by atoms with Crippen LogP contribution >= 0.6 is 0 Å². The monoisotopic (exact) mass is 427 g/mol. The Kier molecular flexibility index (Phi) is 5.57. The van der Waals surface area contributed by atoms with E-state index in [0.29, 0.717) is 22.5 Å². The molecule has 2 fully saturated rings. The molecule has 160 valence electrons. The van der Waals surface area contributed by atoms with Crippen LogP contribution in [0.5, 0.6) is 0 Å². The summed E-state index contributed by atoms with van der Waals surface area (Å²) in [5.74, 6) is 0.538. The first-order valence-corrected chi connectivity index (χ1v) is 12.3. The zero-order valence-electron chi connectivity index (χ0n) is 17.6. The Morgan fingerprint density at radius 2 is 1.87 bits per heavy atom. The van der Waals surface area contributed by atoms with Gasteiger partial charge in [-0.05, 0) is 67.3 Å². The van der Waals surface area contributed by atoms with Crippen molar-refractivity contribution in [2.45, 2.75) is 44.4 Å². The highest BCUT2D eigenvalue weighted by atomic mass is 32.2. The maximum Gasteiger partial charge on any atom is 0.259 e. The number of nitrogens with zero attached hydrogens (tertiary/aromatic N) is 2. The van der Waals surface area contributed by atoms with Crippen molar-refractivity contribution in [2.75, 3.05) is 29.1 Å². The summed E-state index contributed by atoms with van der Waals surface area (Å²) in [6.07, 6.45) is 6.67. The van der Waals surface area contributed by atoms with E-state index in [-0.39, 0.29) is 22.5 Å². The molecule has 0 unspecified atom stereocenters. The number of hydrogen-bond acceptors (Lipinski definition) is 5. The molecule has 2 aromatic rings. The van der Waals surface area contributed by atoms with Crippen molar-refractivity contribution in [1.82, 2.24) is 4.98 Å². The van der Waals surface area contributed by atoms with E-state index in [0.717, 1.165) is 25.9 Å². The van der Waals surface area contributed by atoms with Crippen molar-refractivity contribution in [3.63, 3.8) is 0 Å². The first kappa shape index (κ1) is 20.8. The summed E-state index contributed by atoms with van der Waals surface area (Å²) in [4.78, 5) is 19.9. The highest BCUT2D eigenvalue weighted by Gasteiger charge is 2.44. The molecule has 30 heavy (non-hydrogen) atoms. The van der Waals surface area contributed by atoms with Gasteiger partial charge in [-0.2, -0.15) is 0 Å². The van der Waals surface area contributed by atoms with Crippen LogP contribution in [0.1, 0.15) is 49.9 Å². The number of benzene rings is 1. The third-order valence-electron chi connectivity index (χ3n) is 6.12. The largest absolute Gasteiger partial charge is 0.356 e. The number of anilines is 2. The summed E-state index contributed by atoms with van der Waals surface area (Å²) in [7, 11) is -3.38. The third kappa shape index (κ3) is 4.51. The van der Waals surface area contributed by atoms with Crippen molar-refractivity contribution >= 4 is 27.2 Å². The van der Waals surface area contributed by atoms with Gasteiger partial charge in [0.1, 0.15) is 5.82 Å². The Labute approximate surface area is 178 Å². The summed E-state index contributed by atoms with van der Waals surface area (Å²) in [5, 5.41) is 2.86. The SMILES string of the molecule is CC(C)CS(=O)(=O)c1cccc(NC(=O)c2cccnc2N2CCC3(CC2)CC3)c1. The number of nitrogens with one attached hydrogen (secondary N) is 1. The van der Waals surface area contributed by atoms with Gasteiger partial charge in [-0.3, -0.25) is 4.79 Å². The van der Waals surface area contributed by atoms with Gasteiger partial charge in [-0.15, -0.1) is 0 Å². The van der Waals surface area contributed by atoms with Crippen molar-refractivity contribution < 1.29 is 13.2 Å². The number of amides is 1. The highest BCUT2D eigenvalue weighted by Crippen LogP contribution is 2.53. The molecular formula is C23H29N3O3S. The topological polar surface area (TPSA) is 79.4 Å². The summed E-state index contributed by atoms with van der Waals surface area (Å²) in [6, 6.07) is 10.0. The normalized spacial score (nSPS) is 17.9. The lowest BCUT2D eigenvalue weighted by Crippen LogP contribution is -2.36. The van der Waals surface area contributed by atoms with Crippen molar-refractivity contribution in [3.8, 4) is 0 Å². The van der Waals surface area contributed by atoms with Crippen LogP contribution in [0.3, 0.4) is 0 Å². The van der Waals surface area contributed by atoms with E-state index in [4.69, 9.17) is 0 Å². The summed E-state index contributed by atoms with van der Waals surface area (Å²) in [5.41, 5.74) is 1.53. The second kappa shape index (κ2) is 8.02. The second-order valence-corrected chi connectivity index (χ2v) is 11.1. The van der Waals surface area contributed by atoms with Crippen LogP contribution in [0.4, 0.5) is 11.5 Å². The van der Waals surface area contributed by atoms with Gasteiger partial charge in [0, 0.05) is 25.0 Å². The lowest BCUT2D eigenvalue weighted by Gasteiger charge is -2.33. The molecule has 1 aliphatic carbocycles. The lowest BCUT2D eigenvalue weighted by molar-refractivity contribution is 0.102. The van der Waals surface area contributed by atoms with Crippen LogP contribution < -0.4 is 10.2 Å². The number of pyridine rings is 1. The number of hydrogen-bond donors (Lipinski definition) is 1. The number of sulfone groups is 1. The van der Waals surface area contributed by atoms with Crippen LogP contribution in [0, 0.1) is 11.3 Å². The molecule has 2 aliphatic rings. The first-order chi connectivity index (χ1) is 14.3. The van der Waals surface area contributed by atoms with Crippen molar-refractivity contribution in [3.05, 3.63) is 48.2 Å². The van der Waals surface area contributed by atoms with Crippen LogP contribution in [-0.4, -0.2) is 38.2 Å². The number of rotatable bonds is 6. The fraction of sp³-hybridized carbons (Fsp3) is 0.478. The van der Waals surface area contributed by atoms with Gasteiger partial charge in [-0.1, -0.05) is 19.9 Å². The standard InChI is InChI=1S/C23H29N3O3S/c1-17(2)16-30(28,29)19-6-3-5-18(15-19)25-22(27)20-7-4-12-24-21(20)26-13-10-23(8-9-23)11-14-26/h3-7,12,15,17H,8-11,13-14,16H2,1-2H3,(H,25,27). The van der Waals surface area contributed by atoms with Crippen LogP contribution in [0.15, 0.2) is 47.5 Å². The minimum Gasteiger partial charge on any atom is -0.356 e. The molecule has 1 spiro atoms. The molecule has 1 amide bonds. The minimum atomic E-state index is -3.38. The molecule has 1 saturated carbocycles. The average Bonchev–Trinajstić information content (AvgIpc) is 3.47. The van der Waals surface area contributed by atoms with Gasteiger partial charge in [-0.25, -0.2) is 13.4 Å². The quantitative estimate of drug-likeness (QED) is 0.749. The van der Waals surface area contributed by atoms with Gasteiger partial charge in [0.2, 0.25) is 0 Å². The van der Waals surface area contributed by atoms with E-state index in [1.54, 1.807) is 36.5 Å². The van der Waals surface area contributed by atoms with Gasteiger partial charge in [0.25, 0.3) is 5.91 Å². The predicted molar refractivity (Wildman–Crippen MR) is 119 cm³/mol. The molecular weight excluding hydrogens is 398 g/mol. The number of aromatic nitrogens is 1. The van der Waals surface area contributed by atoms with Gasteiger partial charge >= 0.3 is 0 Å². The van der Waals surface area contributed by atoms with E-state index < -0.39 is 9.84 Å². The van der Waals surface area contributed by atoms with Crippen LogP contribution in [0.25, 0.3) is 0 Å². The fourth-order valence-electron chi connectivity index (χ4n) is 4.20. The zero-order chi connectivity index (χ0) is 21.4. The maximum absolute atomic E-state index is 13.0. The van der Waals surface area contributed by atoms with E-state index >= 15 is 0 Å². The van der Waals surface area contributed by atoms with E-state index in [2.05, 4.69) is 15.2 Å². The number of carbonyl (C=O) groups is 1.